The molecule has 0 aromatic heterocycles. The SMILES string of the molecule is CCCCCCCCCc1c(S(=O)(=O)[O-])ccc2ccccc12.[Na+]. The molecular weight excluding hydrogens is 331 g/mol. The minimum Gasteiger partial charge on any atom is -0.744 e. The van der Waals surface area contributed by atoms with Gasteiger partial charge < -0.3 is 4.55 Å². The average molecular weight is 356 g/mol. The first-order valence-corrected chi connectivity index (χ1v) is 9.91. The maximum atomic E-state index is 11.5. The Labute approximate surface area is 167 Å². The van der Waals surface area contributed by atoms with Gasteiger partial charge in [0, 0.05) is 0 Å². The quantitative estimate of drug-likeness (QED) is 0.392. The summed E-state index contributed by atoms with van der Waals surface area (Å²) in [5, 5.41) is 1.87. The maximum Gasteiger partial charge on any atom is 1.00 e. The molecule has 0 radical (unpaired) electrons. The fraction of sp³-hybridized carbons (Fsp3) is 0.474. The molecule has 0 N–H and O–H groups in total. The summed E-state index contributed by atoms with van der Waals surface area (Å²) >= 11 is 0. The van der Waals surface area contributed by atoms with Crippen LogP contribution in [0, 0.1) is 0 Å². The fourth-order valence-corrected chi connectivity index (χ4v) is 3.82. The molecule has 0 unspecified atom stereocenters. The largest absolute Gasteiger partial charge is 1.00 e. The molecule has 0 bridgehead atoms. The summed E-state index contributed by atoms with van der Waals surface area (Å²) in [4.78, 5) is -0.0535. The van der Waals surface area contributed by atoms with Crippen molar-refractivity contribution in [2.24, 2.45) is 0 Å². The van der Waals surface area contributed by atoms with Crippen LogP contribution in [0.4, 0.5) is 0 Å². The molecule has 2 aromatic rings. The van der Waals surface area contributed by atoms with Gasteiger partial charge in [-0.25, -0.2) is 8.42 Å². The smallest absolute Gasteiger partial charge is 0.744 e. The Morgan fingerprint density at radius 3 is 2.17 bits per heavy atom. The molecule has 0 saturated heterocycles. The predicted octanol–water partition coefficient (Wildman–Crippen LogP) is 2.04. The molecule has 0 heterocycles. The zero-order valence-corrected chi connectivity index (χ0v) is 17.6. The van der Waals surface area contributed by atoms with Crippen LogP contribution in [-0.2, 0) is 16.5 Å². The van der Waals surface area contributed by atoms with Gasteiger partial charge in [0.05, 0.1) is 4.90 Å². The predicted molar refractivity (Wildman–Crippen MR) is 93.6 cm³/mol. The Hall–Kier alpha value is -0.390. The zero-order chi connectivity index (χ0) is 16.7. The standard InChI is InChI=1S/C19H26O3S.Na/c1-2-3-4-5-6-7-8-13-18-17-12-10-9-11-16(17)14-15-19(18)23(20,21)22;/h9-12,14-15H,2-8,13H2,1H3,(H,20,21,22);/q;+1/p-1. The van der Waals surface area contributed by atoms with Crippen LogP contribution in [0.15, 0.2) is 41.3 Å². The molecule has 2 rings (SSSR count). The van der Waals surface area contributed by atoms with E-state index in [1.54, 1.807) is 6.07 Å². The summed E-state index contributed by atoms with van der Waals surface area (Å²) in [5.41, 5.74) is 0.687. The van der Waals surface area contributed by atoms with E-state index >= 15 is 0 Å². The fourth-order valence-electron chi connectivity index (χ4n) is 3.07. The van der Waals surface area contributed by atoms with Crippen LogP contribution in [0.1, 0.15) is 57.4 Å². The summed E-state index contributed by atoms with van der Waals surface area (Å²) in [7, 11) is -4.43. The van der Waals surface area contributed by atoms with Gasteiger partial charge in [0.1, 0.15) is 10.1 Å². The Morgan fingerprint density at radius 1 is 0.875 bits per heavy atom. The van der Waals surface area contributed by atoms with Crippen molar-refractivity contribution in [1.82, 2.24) is 0 Å². The third-order valence-corrected chi connectivity index (χ3v) is 5.22. The van der Waals surface area contributed by atoms with Crippen molar-refractivity contribution in [3.05, 3.63) is 42.0 Å². The van der Waals surface area contributed by atoms with Gasteiger partial charge in [0.25, 0.3) is 0 Å². The summed E-state index contributed by atoms with van der Waals surface area (Å²) in [6, 6.07) is 10.8. The normalized spacial score (nSPS) is 11.4. The summed E-state index contributed by atoms with van der Waals surface area (Å²) in [6.07, 6.45) is 8.83. The van der Waals surface area contributed by atoms with Gasteiger partial charge in [0.2, 0.25) is 0 Å². The van der Waals surface area contributed by atoms with E-state index in [1.807, 2.05) is 24.3 Å². The van der Waals surface area contributed by atoms with Crippen LogP contribution in [0.5, 0.6) is 0 Å². The first-order valence-electron chi connectivity index (χ1n) is 8.50. The molecule has 0 aliphatic rings. The van der Waals surface area contributed by atoms with Gasteiger partial charge in [-0.1, -0.05) is 75.8 Å². The Morgan fingerprint density at radius 2 is 1.50 bits per heavy atom. The minimum atomic E-state index is -4.43. The van der Waals surface area contributed by atoms with Crippen molar-refractivity contribution in [2.45, 2.75) is 63.2 Å². The second kappa shape index (κ2) is 10.6. The Kier molecular flexibility index (Phi) is 9.53. The number of hydrogen-bond donors (Lipinski definition) is 0. The third-order valence-electron chi connectivity index (χ3n) is 4.30. The molecule has 0 amide bonds. The first-order chi connectivity index (χ1) is 11.0. The van der Waals surface area contributed by atoms with Crippen molar-refractivity contribution in [1.29, 1.82) is 0 Å². The molecule has 24 heavy (non-hydrogen) atoms. The molecule has 5 heteroatoms. The summed E-state index contributed by atoms with van der Waals surface area (Å²) < 4.78 is 34.6. The molecular formula is C19H25NaO3S. The van der Waals surface area contributed by atoms with E-state index in [1.165, 1.54) is 38.2 Å². The van der Waals surface area contributed by atoms with Crippen molar-refractivity contribution in [3.63, 3.8) is 0 Å². The van der Waals surface area contributed by atoms with Crippen molar-refractivity contribution in [2.75, 3.05) is 0 Å². The van der Waals surface area contributed by atoms with Gasteiger partial charge in [-0.3, -0.25) is 0 Å². The molecule has 3 nitrogen and oxygen atoms in total. The Bertz CT molecular complexity index is 741. The van der Waals surface area contributed by atoms with E-state index in [4.69, 9.17) is 0 Å². The second-order valence-corrected chi connectivity index (χ2v) is 7.44. The third kappa shape index (κ3) is 6.16. The van der Waals surface area contributed by atoms with Gasteiger partial charge in [-0.05, 0) is 35.2 Å². The van der Waals surface area contributed by atoms with Crippen LogP contribution >= 0.6 is 0 Å². The molecule has 0 fully saturated rings. The second-order valence-electron chi connectivity index (χ2n) is 6.09. The molecule has 0 atom stereocenters. The summed E-state index contributed by atoms with van der Waals surface area (Å²) in [5.74, 6) is 0. The minimum absolute atomic E-state index is 0. The van der Waals surface area contributed by atoms with Crippen LogP contribution in [0.2, 0.25) is 0 Å². The number of aryl methyl sites for hydroxylation is 1. The van der Waals surface area contributed by atoms with Crippen LogP contribution < -0.4 is 29.6 Å². The summed E-state index contributed by atoms with van der Waals surface area (Å²) in [6.45, 7) is 2.20. The zero-order valence-electron chi connectivity index (χ0n) is 14.8. The van der Waals surface area contributed by atoms with Gasteiger partial charge >= 0.3 is 29.6 Å². The average Bonchev–Trinajstić information content (AvgIpc) is 2.53. The monoisotopic (exact) mass is 356 g/mol. The van der Waals surface area contributed by atoms with E-state index in [9.17, 15) is 13.0 Å². The maximum absolute atomic E-state index is 11.5. The van der Waals surface area contributed by atoms with Crippen LogP contribution in [0.3, 0.4) is 0 Å². The van der Waals surface area contributed by atoms with Crippen molar-refractivity contribution < 1.29 is 42.5 Å². The molecule has 0 saturated carbocycles. The number of benzene rings is 2. The van der Waals surface area contributed by atoms with E-state index in [0.717, 1.165) is 23.6 Å². The van der Waals surface area contributed by atoms with Gasteiger partial charge in [0.15, 0.2) is 0 Å². The van der Waals surface area contributed by atoms with Gasteiger partial charge in [-0.15, -0.1) is 0 Å². The van der Waals surface area contributed by atoms with E-state index < -0.39 is 10.1 Å². The van der Waals surface area contributed by atoms with Crippen molar-refractivity contribution in [3.8, 4) is 0 Å². The van der Waals surface area contributed by atoms with E-state index in [0.29, 0.717) is 12.0 Å². The number of rotatable bonds is 9. The number of fused-ring (bicyclic) bond motifs is 1. The van der Waals surface area contributed by atoms with Gasteiger partial charge in [-0.2, -0.15) is 0 Å². The van der Waals surface area contributed by atoms with Crippen LogP contribution in [0.25, 0.3) is 10.8 Å². The molecule has 126 valence electrons. The molecule has 0 spiro atoms. The number of hydrogen-bond acceptors (Lipinski definition) is 3. The Balaban J connectivity index is 0.00000288. The van der Waals surface area contributed by atoms with Crippen molar-refractivity contribution >= 4 is 20.9 Å². The van der Waals surface area contributed by atoms with E-state index in [-0.39, 0.29) is 34.5 Å². The number of unbranched alkanes of at least 4 members (excludes halogenated alkanes) is 6. The van der Waals surface area contributed by atoms with Crippen LogP contribution in [-0.4, -0.2) is 13.0 Å². The molecule has 0 aliphatic carbocycles. The topological polar surface area (TPSA) is 57.2 Å². The molecule has 0 aliphatic heterocycles. The van der Waals surface area contributed by atoms with E-state index in [2.05, 4.69) is 6.92 Å². The molecule has 2 aromatic carbocycles. The first kappa shape index (κ1) is 21.7.